The lowest BCUT2D eigenvalue weighted by Gasteiger charge is -2.36. The summed E-state index contributed by atoms with van der Waals surface area (Å²) in [7, 11) is -8.81. The van der Waals surface area contributed by atoms with E-state index in [-0.39, 0.29) is 30.3 Å². The molecule has 3 unspecified atom stereocenters. The molecule has 0 radical (unpaired) electrons. The number of nitrogens with one attached hydrogen (secondary N) is 1. The zero-order valence-corrected chi connectivity index (χ0v) is 18.8. The molecule has 2 aliphatic heterocycles. The van der Waals surface area contributed by atoms with E-state index in [1.807, 2.05) is 0 Å². The first-order chi connectivity index (χ1) is 14.5. The van der Waals surface area contributed by atoms with Crippen LogP contribution < -0.4 is 20.5 Å². The van der Waals surface area contributed by atoms with Gasteiger partial charge >= 0.3 is 0 Å². The summed E-state index contributed by atoms with van der Waals surface area (Å²) in [5.41, 5.74) is 5.89. The predicted octanol–water partition coefficient (Wildman–Crippen LogP) is 0.456. The van der Waals surface area contributed by atoms with Crippen molar-refractivity contribution in [3.8, 4) is 0 Å². The van der Waals surface area contributed by atoms with Crippen LogP contribution in [0.2, 0.25) is 0 Å². The standard InChI is InChI=1S/C17H26FN7O4S2/c1-3-10(2)24-31(28,29)14-5-4-13(25-7-6-12(19)11(18)8-25)15(16(14)30(20,26)27)17-21-9-22-23-17/h4-5,10-12,24H,3,6-9,19H2,1-2H3,(H2,20,26,27). The van der Waals surface area contributed by atoms with Gasteiger partial charge in [-0.25, -0.2) is 36.1 Å². The average molecular weight is 476 g/mol. The normalized spacial score (nSPS) is 23.1. The first-order valence-corrected chi connectivity index (χ1v) is 12.8. The molecule has 0 aromatic heterocycles. The van der Waals surface area contributed by atoms with E-state index in [9.17, 15) is 21.2 Å². The average Bonchev–Trinajstić information content (AvgIpc) is 3.22. The van der Waals surface area contributed by atoms with Crippen LogP contribution in [0.3, 0.4) is 0 Å². The van der Waals surface area contributed by atoms with Gasteiger partial charge in [0, 0.05) is 24.3 Å². The van der Waals surface area contributed by atoms with Crippen LogP contribution in [-0.2, 0) is 20.0 Å². The fraction of sp³-hybridized carbons (Fsp3) is 0.588. The molecule has 172 valence electrons. The van der Waals surface area contributed by atoms with Crippen molar-refractivity contribution in [1.29, 1.82) is 0 Å². The third-order valence-electron chi connectivity index (χ3n) is 5.25. The Labute approximate surface area is 180 Å². The van der Waals surface area contributed by atoms with Crippen molar-refractivity contribution in [3.63, 3.8) is 0 Å². The SMILES string of the molecule is CCC(C)NS(=O)(=O)c1ccc(N2CCC(N)C(F)C2)c(C2=NCN=N2)c1S(N)(=O)=O. The Morgan fingerprint density at radius 3 is 2.58 bits per heavy atom. The number of benzene rings is 1. The van der Waals surface area contributed by atoms with E-state index in [1.54, 1.807) is 18.7 Å². The van der Waals surface area contributed by atoms with Gasteiger partial charge in [-0.2, -0.15) is 5.11 Å². The Kier molecular flexibility index (Phi) is 6.76. The molecule has 1 saturated heterocycles. The second kappa shape index (κ2) is 8.86. The van der Waals surface area contributed by atoms with Crippen LogP contribution in [0.15, 0.2) is 37.1 Å². The van der Waals surface area contributed by atoms with Gasteiger partial charge in [0.2, 0.25) is 20.0 Å². The maximum atomic E-state index is 14.3. The molecule has 1 aromatic carbocycles. The van der Waals surface area contributed by atoms with Gasteiger partial charge in [-0.3, -0.25) is 0 Å². The molecule has 1 aromatic rings. The lowest BCUT2D eigenvalue weighted by atomic mass is 10.0. The van der Waals surface area contributed by atoms with Crippen LogP contribution in [0, 0.1) is 0 Å². The second-order valence-electron chi connectivity index (χ2n) is 7.54. The number of halogens is 1. The third kappa shape index (κ3) is 4.92. The summed E-state index contributed by atoms with van der Waals surface area (Å²) in [6, 6.07) is 1.48. The van der Waals surface area contributed by atoms with E-state index in [2.05, 4.69) is 19.9 Å². The van der Waals surface area contributed by atoms with Crippen molar-refractivity contribution in [2.45, 2.75) is 54.7 Å². The van der Waals surface area contributed by atoms with Gasteiger partial charge in [0.1, 0.15) is 16.0 Å². The Morgan fingerprint density at radius 1 is 1.32 bits per heavy atom. The molecule has 2 aliphatic rings. The topological polar surface area (TPSA) is 173 Å². The minimum absolute atomic E-state index is 0.0441. The monoisotopic (exact) mass is 475 g/mol. The first kappa shape index (κ1) is 23.7. The van der Waals surface area contributed by atoms with E-state index in [0.29, 0.717) is 19.4 Å². The molecule has 5 N–H and O–H groups in total. The highest BCUT2D eigenvalue weighted by Gasteiger charge is 2.36. The van der Waals surface area contributed by atoms with E-state index in [0.717, 1.165) is 6.07 Å². The van der Waals surface area contributed by atoms with Gasteiger partial charge in [0.15, 0.2) is 12.5 Å². The van der Waals surface area contributed by atoms with Gasteiger partial charge < -0.3 is 10.6 Å². The molecule has 14 heteroatoms. The summed E-state index contributed by atoms with van der Waals surface area (Å²) in [6.07, 6.45) is -0.529. The molecule has 3 atom stereocenters. The fourth-order valence-corrected chi connectivity index (χ4v) is 6.36. The first-order valence-electron chi connectivity index (χ1n) is 9.74. The lowest BCUT2D eigenvalue weighted by Crippen LogP contribution is -2.49. The number of sulfonamides is 2. The lowest BCUT2D eigenvalue weighted by molar-refractivity contribution is 0.251. The van der Waals surface area contributed by atoms with E-state index >= 15 is 0 Å². The van der Waals surface area contributed by atoms with E-state index in [4.69, 9.17) is 10.9 Å². The number of piperidine rings is 1. The summed E-state index contributed by atoms with van der Waals surface area (Å²) < 4.78 is 68.0. The molecular weight excluding hydrogens is 449 g/mol. The molecule has 0 bridgehead atoms. The molecule has 1 fully saturated rings. The number of hydrogen-bond donors (Lipinski definition) is 3. The number of azo groups is 1. The number of aliphatic imine (C=N–C) groups is 1. The van der Waals surface area contributed by atoms with Crippen molar-refractivity contribution in [2.24, 2.45) is 26.1 Å². The van der Waals surface area contributed by atoms with Crippen molar-refractivity contribution >= 4 is 31.6 Å². The number of alkyl halides is 1. The minimum Gasteiger partial charge on any atom is -0.368 e. The number of anilines is 1. The largest absolute Gasteiger partial charge is 0.368 e. The Morgan fingerprint density at radius 2 is 2.03 bits per heavy atom. The van der Waals surface area contributed by atoms with Crippen LogP contribution in [0.1, 0.15) is 32.3 Å². The van der Waals surface area contributed by atoms with E-state index in [1.165, 1.54) is 6.07 Å². The Bertz CT molecular complexity index is 1120. The number of primary sulfonamides is 1. The molecule has 0 spiro atoms. The Hall–Kier alpha value is -2.00. The van der Waals surface area contributed by atoms with Crippen LogP contribution in [0.4, 0.5) is 10.1 Å². The molecule has 0 aliphatic carbocycles. The minimum atomic E-state index is -4.56. The van der Waals surface area contributed by atoms with Crippen molar-refractivity contribution in [2.75, 3.05) is 24.7 Å². The van der Waals surface area contributed by atoms with Gasteiger partial charge in [-0.1, -0.05) is 6.92 Å². The van der Waals surface area contributed by atoms with Crippen LogP contribution in [0.25, 0.3) is 0 Å². The molecule has 11 nitrogen and oxygen atoms in total. The summed E-state index contributed by atoms with van der Waals surface area (Å²) in [6.45, 7) is 3.62. The third-order valence-corrected chi connectivity index (χ3v) is 8.00. The van der Waals surface area contributed by atoms with Crippen LogP contribution >= 0.6 is 0 Å². The predicted molar refractivity (Wildman–Crippen MR) is 114 cm³/mol. The van der Waals surface area contributed by atoms with Crippen molar-refractivity contribution in [1.82, 2.24) is 4.72 Å². The second-order valence-corrected chi connectivity index (χ2v) is 10.7. The number of rotatable bonds is 7. The number of hydrogen-bond acceptors (Lipinski definition) is 9. The van der Waals surface area contributed by atoms with Crippen LogP contribution in [0.5, 0.6) is 0 Å². The fourth-order valence-electron chi connectivity index (χ4n) is 3.44. The molecular formula is C17H26FN7O4S2. The molecule has 2 heterocycles. The molecule has 0 saturated carbocycles. The maximum Gasteiger partial charge on any atom is 0.242 e. The van der Waals surface area contributed by atoms with Crippen LogP contribution in [-0.4, -0.2) is 60.7 Å². The highest BCUT2D eigenvalue weighted by molar-refractivity contribution is 7.92. The van der Waals surface area contributed by atoms with Crippen molar-refractivity contribution in [3.05, 3.63) is 17.7 Å². The van der Waals surface area contributed by atoms with Gasteiger partial charge in [0.25, 0.3) is 0 Å². The summed E-state index contributed by atoms with van der Waals surface area (Å²) in [5.74, 6) is -0.0788. The van der Waals surface area contributed by atoms with Crippen molar-refractivity contribution < 1.29 is 21.2 Å². The number of nitrogens with zero attached hydrogens (tertiary/aromatic N) is 4. The van der Waals surface area contributed by atoms with Gasteiger partial charge in [-0.15, -0.1) is 5.11 Å². The zero-order chi connectivity index (χ0) is 23.0. The highest BCUT2D eigenvalue weighted by Crippen LogP contribution is 2.35. The summed E-state index contributed by atoms with van der Waals surface area (Å²) in [4.78, 5) is 4.49. The van der Waals surface area contributed by atoms with E-state index < -0.39 is 48.1 Å². The highest BCUT2D eigenvalue weighted by atomic mass is 32.2. The number of amidine groups is 1. The molecule has 0 amide bonds. The van der Waals surface area contributed by atoms with Gasteiger partial charge in [0.05, 0.1) is 12.1 Å². The smallest absolute Gasteiger partial charge is 0.242 e. The van der Waals surface area contributed by atoms with Gasteiger partial charge in [-0.05, 0) is 31.9 Å². The summed E-state index contributed by atoms with van der Waals surface area (Å²) in [5, 5.41) is 13.1. The number of nitrogens with two attached hydrogens (primary N) is 2. The molecule has 3 rings (SSSR count). The zero-order valence-electron chi connectivity index (χ0n) is 17.2. The Balaban J connectivity index is 2.27. The molecule has 31 heavy (non-hydrogen) atoms. The summed E-state index contributed by atoms with van der Waals surface area (Å²) >= 11 is 0. The maximum absolute atomic E-state index is 14.3. The quantitative estimate of drug-likeness (QED) is 0.516.